The van der Waals surface area contributed by atoms with Crippen molar-refractivity contribution < 1.29 is 0 Å². The molecule has 1 unspecified atom stereocenters. The summed E-state index contributed by atoms with van der Waals surface area (Å²) in [6.45, 7) is 10.5. The van der Waals surface area contributed by atoms with E-state index < -0.39 is 0 Å². The molecule has 0 heterocycles. The van der Waals surface area contributed by atoms with Gasteiger partial charge in [0.2, 0.25) is 0 Å². The summed E-state index contributed by atoms with van der Waals surface area (Å²) in [5.74, 6) is 0.503. The zero-order valence-corrected chi connectivity index (χ0v) is 26.2. The number of benzene rings is 4. The summed E-state index contributed by atoms with van der Waals surface area (Å²) < 4.78 is 0. The smallest absolute Gasteiger partial charge is 0.00209 e. The Morgan fingerprint density at radius 1 is 0.756 bits per heavy atom. The fourth-order valence-electron chi connectivity index (χ4n) is 6.49. The van der Waals surface area contributed by atoms with Crippen LogP contribution in [0.4, 0.5) is 0 Å². The zero-order chi connectivity index (χ0) is 30.9. The highest BCUT2D eigenvalue weighted by atomic mass is 14.3. The van der Waals surface area contributed by atoms with Crippen LogP contribution in [0.1, 0.15) is 49.4 Å². The molecule has 4 aromatic rings. The van der Waals surface area contributed by atoms with Gasteiger partial charge in [-0.25, -0.2) is 0 Å². The summed E-state index contributed by atoms with van der Waals surface area (Å²) in [5, 5.41) is 2.50. The monoisotopic (exact) mass is 576 g/mol. The van der Waals surface area contributed by atoms with Crippen LogP contribution in [0.3, 0.4) is 0 Å². The molecule has 0 nitrogen and oxygen atoms in total. The van der Waals surface area contributed by atoms with E-state index in [2.05, 4.69) is 160 Å². The minimum atomic E-state index is 0.503. The maximum atomic E-state index is 4.16. The molecule has 0 N–H and O–H groups in total. The van der Waals surface area contributed by atoms with Crippen molar-refractivity contribution in [2.75, 3.05) is 0 Å². The largest absolute Gasteiger partial charge is 0.118 e. The number of hydrogen-bond acceptors (Lipinski definition) is 0. The lowest BCUT2D eigenvalue weighted by Gasteiger charge is -2.22. The predicted octanol–water partition coefficient (Wildman–Crippen LogP) is 12.3. The van der Waals surface area contributed by atoms with Gasteiger partial charge in [0.25, 0.3) is 0 Å². The summed E-state index contributed by atoms with van der Waals surface area (Å²) in [6.07, 6.45) is 22.6. The minimum Gasteiger partial charge on any atom is -0.118 e. The molecule has 7 rings (SSSR count). The van der Waals surface area contributed by atoms with E-state index in [1.54, 1.807) is 0 Å². The molecule has 3 aliphatic rings. The standard InChI is InChI=1S/C45H36/c1-5-11-38(29-39-28-32(39)4)35-22-24-36(25-23-35)44-40-15-8-9-16-41(40)45(43-31(3)13-6-7-17-42(43)44)37-26-20-34(21-27-37)33-14-10-12-30(2)18-19-33/h5-11,14-27,29,39H,4,28H2,1-3H3/b11-5-,38-29+. The van der Waals surface area contributed by atoms with Crippen molar-refractivity contribution in [2.45, 2.75) is 27.2 Å². The molecule has 1 atom stereocenters. The zero-order valence-electron chi connectivity index (χ0n) is 26.2. The highest BCUT2D eigenvalue weighted by Crippen LogP contribution is 2.46. The molecular formula is C45H36. The molecule has 0 spiro atoms. The third kappa shape index (κ3) is 5.55. The molecule has 0 heteroatoms. The Kier molecular flexibility index (Phi) is 7.54. The van der Waals surface area contributed by atoms with Gasteiger partial charge in [0.15, 0.2) is 0 Å². The Balaban J connectivity index is 1.39. The van der Waals surface area contributed by atoms with Crippen LogP contribution in [0, 0.1) is 5.92 Å². The van der Waals surface area contributed by atoms with Gasteiger partial charge in [-0.05, 0) is 117 Å². The van der Waals surface area contributed by atoms with Crippen molar-refractivity contribution in [1.82, 2.24) is 0 Å². The van der Waals surface area contributed by atoms with Gasteiger partial charge in [-0.3, -0.25) is 0 Å². The third-order valence-electron chi connectivity index (χ3n) is 8.96. The lowest BCUT2D eigenvalue weighted by molar-refractivity contribution is 1.16. The first-order valence-corrected chi connectivity index (χ1v) is 15.8. The van der Waals surface area contributed by atoms with Crippen LogP contribution in [0.5, 0.6) is 0 Å². The lowest BCUT2D eigenvalue weighted by Crippen LogP contribution is -1.98. The normalized spacial score (nSPS) is 17.2. The molecule has 216 valence electrons. The molecule has 0 bridgehead atoms. The van der Waals surface area contributed by atoms with Crippen LogP contribution in [0.25, 0.3) is 55.8 Å². The van der Waals surface area contributed by atoms with Gasteiger partial charge in [0.05, 0.1) is 0 Å². The van der Waals surface area contributed by atoms with Crippen molar-refractivity contribution in [3.05, 3.63) is 179 Å². The van der Waals surface area contributed by atoms with E-state index in [0.717, 1.165) is 17.6 Å². The quantitative estimate of drug-likeness (QED) is 0.122. The van der Waals surface area contributed by atoms with Crippen LogP contribution in [-0.2, 0) is 0 Å². The van der Waals surface area contributed by atoms with Crippen molar-refractivity contribution >= 4 is 33.6 Å². The van der Waals surface area contributed by atoms with Crippen LogP contribution >= 0.6 is 0 Å². The molecule has 0 radical (unpaired) electrons. The topological polar surface area (TPSA) is 0 Å². The van der Waals surface area contributed by atoms with Crippen LogP contribution in [0.15, 0.2) is 157 Å². The lowest BCUT2D eigenvalue weighted by atomic mass is 9.81. The summed E-state index contributed by atoms with van der Waals surface area (Å²) in [4.78, 5) is 0. The van der Waals surface area contributed by atoms with E-state index in [-0.39, 0.29) is 0 Å². The van der Waals surface area contributed by atoms with Gasteiger partial charge in [-0.1, -0.05) is 127 Å². The summed E-state index contributed by atoms with van der Waals surface area (Å²) in [7, 11) is 0. The van der Waals surface area contributed by atoms with E-state index in [0.29, 0.717) is 5.92 Å². The van der Waals surface area contributed by atoms with E-state index in [1.165, 1.54) is 72.0 Å². The number of rotatable bonds is 6. The number of allylic oxidation sites excluding steroid dienone is 12. The highest BCUT2D eigenvalue weighted by molar-refractivity contribution is 6.13. The fourth-order valence-corrected chi connectivity index (χ4v) is 6.49. The Morgan fingerprint density at radius 2 is 1.42 bits per heavy atom. The Labute approximate surface area is 267 Å². The summed E-state index contributed by atoms with van der Waals surface area (Å²) >= 11 is 0. The first-order valence-electron chi connectivity index (χ1n) is 15.8. The molecule has 45 heavy (non-hydrogen) atoms. The van der Waals surface area contributed by atoms with E-state index in [1.807, 2.05) is 12.2 Å². The van der Waals surface area contributed by atoms with Crippen LogP contribution < -0.4 is 0 Å². The SMILES string of the molecule is C=C1CC1/C=C(\C=C/C)c1ccc(-c2c3c(c(-c4ccc(C5=CC=C=C(C)C=C5)cc4)c4ccccc24)C(C)=C=CC=C3)cc1. The predicted molar refractivity (Wildman–Crippen MR) is 195 cm³/mol. The van der Waals surface area contributed by atoms with Crippen molar-refractivity contribution in [3.8, 4) is 22.3 Å². The average Bonchev–Trinajstić information content (AvgIpc) is 3.84. The summed E-state index contributed by atoms with van der Waals surface area (Å²) in [5.41, 5.74) is 22.7. The first-order chi connectivity index (χ1) is 22.0. The molecule has 0 amide bonds. The van der Waals surface area contributed by atoms with E-state index in [4.69, 9.17) is 0 Å². The van der Waals surface area contributed by atoms with Crippen molar-refractivity contribution in [3.63, 3.8) is 0 Å². The molecule has 0 aliphatic heterocycles. The van der Waals surface area contributed by atoms with Crippen LogP contribution in [-0.4, -0.2) is 0 Å². The average molecular weight is 577 g/mol. The maximum Gasteiger partial charge on any atom is 0.00209 e. The van der Waals surface area contributed by atoms with Gasteiger partial charge in [0, 0.05) is 11.5 Å². The Morgan fingerprint density at radius 3 is 2.13 bits per heavy atom. The van der Waals surface area contributed by atoms with E-state index >= 15 is 0 Å². The van der Waals surface area contributed by atoms with Gasteiger partial charge in [-0.2, -0.15) is 0 Å². The second-order valence-corrected chi connectivity index (χ2v) is 12.1. The number of hydrogen-bond donors (Lipinski definition) is 0. The molecule has 1 saturated carbocycles. The highest BCUT2D eigenvalue weighted by Gasteiger charge is 2.25. The third-order valence-corrected chi connectivity index (χ3v) is 8.96. The molecule has 3 aliphatic carbocycles. The molecule has 0 saturated heterocycles. The Hall–Kier alpha value is -5.38. The van der Waals surface area contributed by atoms with Crippen molar-refractivity contribution in [1.29, 1.82) is 0 Å². The van der Waals surface area contributed by atoms with Gasteiger partial charge in [0.1, 0.15) is 0 Å². The van der Waals surface area contributed by atoms with Gasteiger partial charge in [-0.15, -0.1) is 11.5 Å². The second kappa shape index (κ2) is 12.0. The summed E-state index contributed by atoms with van der Waals surface area (Å²) in [6, 6.07) is 27.0. The van der Waals surface area contributed by atoms with Gasteiger partial charge < -0.3 is 0 Å². The minimum absolute atomic E-state index is 0.503. The van der Waals surface area contributed by atoms with Gasteiger partial charge >= 0.3 is 0 Å². The number of fused-ring (bicyclic) bond motifs is 2. The maximum absolute atomic E-state index is 4.16. The molecule has 4 aromatic carbocycles. The fraction of sp³-hybridized carbons (Fsp3) is 0.111. The molecular weight excluding hydrogens is 540 g/mol. The second-order valence-electron chi connectivity index (χ2n) is 12.1. The molecule has 0 aromatic heterocycles. The first kappa shape index (κ1) is 28.4. The van der Waals surface area contributed by atoms with Crippen molar-refractivity contribution in [2.24, 2.45) is 5.92 Å². The molecule has 1 fully saturated rings. The van der Waals surface area contributed by atoms with E-state index in [9.17, 15) is 0 Å². The van der Waals surface area contributed by atoms with Crippen LogP contribution in [0.2, 0.25) is 0 Å². The Bertz CT molecular complexity index is 2150.